The van der Waals surface area contributed by atoms with Gasteiger partial charge in [-0.3, -0.25) is 9.59 Å². The van der Waals surface area contributed by atoms with Gasteiger partial charge in [-0.2, -0.15) is 0 Å². The van der Waals surface area contributed by atoms with E-state index in [9.17, 15) is 9.59 Å². The zero-order chi connectivity index (χ0) is 19.4. The third kappa shape index (κ3) is 4.20. The Morgan fingerprint density at radius 1 is 1.00 bits per heavy atom. The van der Waals surface area contributed by atoms with Gasteiger partial charge in [0.1, 0.15) is 0 Å². The van der Waals surface area contributed by atoms with Crippen molar-refractivity contribution in [3.8, 4) is 11.5 Å². The average molecular weight is 367 g/mol. The van der Waals surface area contributed by atoms with Crippen LogP contribution in [0.1, 0.15) is 12.5 Å². The molecule has 0 aliphatic heterocycles. The van der Waals surface area contributed by atoms with E-state index in [0.717, 1.165) is 16.8 Å². The van der Waals surface area contributed by atoms with E-state index < -0.39 is 0 Å². The number of fused-ring (bicyclic) bond motifs is 1. The van der Waals surface area contributed by atoms with E-state index in [0.29, 0.717) is 29.1 Å². The van der Waals surface area contributed by atoms with Crippen molar-refractivity contribution in [3.63, 3.8) is 0 Å². The molecule has 1 heterocycles. The van der Waals surface area contributed by atoms with Crippen molar-refractivity contribution < 1.29 is 14.3 Å². The summed E-state index contributed by atoms with van der Waals surface area (Å²) in [5.41, 5.74) is 2.67. The monoisotopic (exact) mass is 367 g/mol. The molecule has 0 aliphatic rings. The minimum atomic E-state index is -0.169. The number of rotatable bonds is 6. The van der Waals surface area contributed by atoms with Crippen molar-refractivity contribution in [2.75, 3.05) is 24.9 Å². The molecule has 0 saturated heterocycles. The predicted molar refractivity (Wildman–Crippen MR) is 106 cm³/mol. The summed E-state index contributed by atoms with van der Waals surface area (Å²) in [5.74, 6) is 1.04. The van der Waals surface area contributed by atoms with Crippen LogP contribution in [-0.2, 0) is 11.3 Å². The molecule has 0 bridgehead atoms. The number of nitrogens with one attached hydrogen (secondary N) is 3. The molecule has 0 atom stereocenters. The molecule has 7 nitrogen and oxygen atoms in total. The Hall–Kier alpha value is -3.48. The lowest BCUT2D eigenvalue weighted by molar-refractivity contribution is -0.114. The SMILES string of the molecule is COc1cc2cc(CNc3ccc(NC(C)=O)cc3)c(=O)[nH]c2cc1OC. The van der Waals surface area contributed by atoms with Crippen LogP contribution in [0.5, 0.6) is 11.5 Å². The maximum Gasteiger partial charge on any atom is 0.253 e. The lowest BCUT2D eigenvalue weighted by atomic mass is 10.1. The number of ether oxygens (including phenoxy) is 2. The third-order valence-electron chi connectivity index (χ3n) is 4.11. The number of methoxy groups -OCH3 is 2. The fourth-order valence-corrected chi connectivity index (χ4v) is 2.78. The number of carbonyl (C=O) groups excluding carboxylic acids is 1. The summed E-state index contributed by atoms with van der Waals surface area (Å²) in [6, 6.07) is 12.7. The van der Waals surface area contributed by atoms with Crippen LogP contribution in [0.3, 0.4) is 0 Å². The molecule has 0 unspecified atom stereocenters. The van der Waals surface area contributed by atoms with Crippen LogP contribution in [0.15, 0.2) is 47.3 Å². The molecule has 3 rings (SSSR count). The quantitative estimate of drug-likeness (QED) is 0.623. The van der Waals surface area contributed by atoms with Gasteiger partial charge in [0.2, 0.25) is 5.91 Å². The lowest BCUT2D eigenvalue weighted by Crippen LogP contribution is -2.15. The predicted octanol–water partition coefficient (Wildman–Crippen LogP) is 3.12. The van der Waals surface area contributed by atoms with E-state index in [1.165, 1.54) is 6.92 Å². The van der Waals surface area contributed by atoms with Crippen LogP contribution in [-0.4, -0.2) is 25.1 Å². The molecular weight excluding hydrogens is 346 g/mol. The van der Waals surface area contributed by atoms with E-state index >= 15 is 0 Å². The van der Waals surface area contributed by atoms with Gasteiger partial charge in [-0.05, 0) is 36.4 Å². The molecule has 140 valence electrons. The molecule has 2 aromatic carbocycles. The van der Waals surface area contributed by atoms with Crippen LogP contribution < -0.4 is 25.7 Å². The van der Waals surface area contributed by atoms with Crippen molar-refractivity contribution in [2.24, 2.45) is 0 Å². The number of aromatic amines is 1. The number of carbonyl (C=O) groups is 1. The zero-order valence-electron chi connectivity index (χ0n) is 15.4. The zero-order valence-corrected chi connectivity index (χ0v) is 15.4. The van der Waals surface area contributed by atoms with E-state index in [2.05, 4.69) is 15.6 Å². The number of benzene rings is 2. The molecule has 1 amide bonds. The first kappa shape index (κ1) is 18.3. The maximum absolute atomic E-state index is 12.4. The van der Waals surface area contributed by atoms with Crippen LogP contribution in [0.2, 0.25) is 0 Å². The fourth-order valence-electron chi connectivity index (χ4n) is 2.78. The van der Waals surface area contributed by atoms with Crippen molar-refractivity contribution in [2.45, 2.75) is 13.5 Å². The first-order valence-electron chi connectivity index (χ1n) is 8.39. The molecule has 0 fully saturated rings. The number of hydrogen-bond donors (Lipinski definition) is 3. The summed E-state index contributed by atoms with van der Waals surface area (Å²) in [6.07, 6.45) is 0. The largest absolute Gasteiger partial charge is 0.493 e. The number of H-pyrrole nitrogens is 1. The van der Waals surface area contributed by atoms with Gasteiger partial charge in [-0.25, -0.2) is 0 Å². The lowest BCUT2D eigenvalue weighted by Gasteiger charge is -2.11. The number of aromatic nitrogens is 1. The van der Waals surface area contributed by atoms with Gasteiger partial charge in [0.15, 0.2) is 11.5 Å². The minimum absolute atomic E-state index is 0.120. The molecule has 0 spiro atoms. The van der Waals surface area contributed by atoms with Crippen LogP contribution in [0.4, 0.5) is 11.4 Å². The molecule has 0 saturated carbocycles. The Labute approximate surface area is 156 Å². The summed E-state index contributed by atoms with van der Waals surface area (Å²) in [4.78, 5) is 26.3. The Morgan fingerprint density at radius 2 is 1.63 bits per heavy atom. The molecule has 3 N–H and O–H groups in total. The molecule has 0 radical (unpaired) electrons. The Balaban J connectivity index is 1.81. The van der Waals surface area contributed by atoms with Gasteiger partial charge in [-0.15, -0.1) is 0 Å². The summed E-state index contributed by atoms with van der Waals surface area (Å²) in [5, 5.41) is 6.77. The average Bonchev–Trinajstić information content (AvgIpc) is 2.66. The number of amides is 1. The maximum atomic E-state index is 12.4. The summed E-state index contributed by atoms with van der Waals surface area (Å²) < 4.78 is 10.6. The number of pyridine rings is 1. The highest BCUT2D eigenvalue weighted by molar-refractivity contribution is 5.88. The third-order valence-corrected chi connectivity index (χ3v) is 4.11. The van der Waals surface area contributed by atoms with Gasteiger partial charge in [-0.1, -0.05) is 0 Å². The van der Waals surface area contributed by atoms with Gasteiger partial charge in [0, 0.05) is 41.9 Å². The van der Waals surface area contributed by atoms with E-state index in [4.69, 9.17) is 9.47 Å². The minimum Gasteiger partial charge on any atom is -0.493 e. The second-order valence-corrected chi connectivity index (χ2v) is 6.03. The van der Waals surface area contributed by atoms with E-state index in [1.54, 1.807) is 32.4 Å². The molecule has 3 aromatic rings. The van der Waals surface area contributed by atoms with Crippen molar-refractivity contribution in [1.82, 2.24) is 4.98 Å². The second-order valence-electron chi connectivity index (χ2n) is 6.03. The van der Waals surface area contributed by atoms with Crippen LogP contribution in [0, 0.1) is 0 Å². The fraction of sp³-hybridized carbons (Fsp3) is 0.200. The normalized spacial score (nSPS) is 10.5. The summed E-state index contributed by atoms with van der Waals surface area (Å²) >= 11 is 0. The Bertz CT molecular complexity index is 1030. The standard InChI is InChI=1S/C20H21N3O4/c1-12(24)22-16-6-4-15(5-7-16)21-11-14-8-13-9-18(26-2)19(27-3)10-17(13)23-20(14)25/h4-10,21H,11H2,1-3H3,(H,22,24)(H,23,25). The van der Waals surface area contributed by atoms with Crippen molar-refractivity contribution >= 4 is 28.2 Å². The van der Waals surface area contributed by atoms with Crippen molar-refractivity contribution in [1.29, 1.82) is 0 Å². The Morgan fingerprint density at radius 3 is 2.26 bits per heavy atom. The van der Waals surface area contributed by atoms with Gasteiger partial charge in [0.25, 0.3) is 5.56 Å². The topological polar surface area (TPSA) is 92.5 Å². The molecule has 0 aliphatic carbocycles. The summed E-state index contributed by atoms with van der Waals surface area (Å²) in [7, 11) is 3.12. The van der Waals surface area contributed by atoms with E-state index in [-0.39, 0.29) is 11.5 Å². The highest BCUT2D eigenvalue weighted by Gasteiger charge is 2.09. The van der Waals surface area contributed by atoms with Crippen LogP contribution >= 0.6 is 0 Å². The molecule has 7 heteroatoms. The highest BCUT2D eigenvalue weighted by atomic mass is 16.5. The number of hydrogen-bond acceptors (Lipinski definition) is 5. The molecule has 1 aromatic heterocycles. The smallest absolute Gasteiger partial charge is 0.253 e. The highest BCUT2D eigenvalue weighted by Crippen LogP contribution is 2.31. The first-order valence-corrected chi connectivity index (χ1v) is 8.39. The second kappa shape index (κ2) is 7.82. The Kier molecular flexibility index (Phi) is 5.30. The molecule has 27 heavy (non-hydrogen) atoms. The van der Waals surface area contributed by atoms with Gasteiger partial charge >= 0.3 is 0 Å². The van der Waals surface area contributed by atoms with Crippen LogP contribution in [0.25, 0.3) is 10.9 Å². The molecular formula is C20H21N3O4. The first-order chi connectivity index (χ1) is 13.0. The van der Waals surface area contributed by atoms with Gasteiger partial charge < -0.3 is 25.1 Å². The summed E-state index contributed by atoms with van der Waals surface area (Å²) in [6.45, 7) is 1.82. The van der Waals surface area contributed by atoms with E-state index in [1.807, 2.05) is 24.3 Å². The van der Waals surface area contributed by atoms with Crippen molar-refractivity contribution in [3.05, 3.63) is 58.4 Å². The van der Waals surface area contributed by atoms with Gasteiger partial charge in [0.05, 0.1) is 19.7 Å². The number of anilines is 2.